The first-order valence-corrected chi connectivity index (χ1v) is 12.1. The standard InChI is InChI=1S/C23H24ClF4N7O/c24-12-7-15(25)18(16(26)8-12)33-22-32-17-10-30-21(31-13-5-6-23(27,28)9-13)34-20(17)35(22)14-3-1-11(2-4-14)19(29)36/h7-8,10-11,13-14H,1-6,9H2,(H2,29,36)(H,32,33)(H,30,31,34)/t11-,13-,14-/m0/s1. The highest BCUT2D eigenvalue weighted by Crippen LogP contribution is 2.39. The Kier molecular flexibility index (Phi) is 6.39. The lowest BCUT2D eigenvalue weighted by atomic mass is 9.85. The van der Waals surface area contributed by atoms with Crippen molar-refractivity contribution in [2.75, 3.05) is 10.6 Å². The van der Waals surface area contributed by atoms with Crippen LogP contribution in [-0.2, 0) is 4.79 Å². The van der Waals surface area contributed by atoms with E-state index in [0.29, 0.717) is 36.8 Å². The second-order valence-electron chi connectivity index (χ2n) is 9.43. The molecule has 0 radical (unpaired) electrons. The van der Waals surface area contributed by atoms with E-state index in [9.17, 15) is 22.4 Å². The van der Waals surface area contributed by atoms with Gasteiger partial charge in [0.2, 0.25) is 23.7 Å². The van der Waals surface area contributed by atoms with Crippen molar-refractivity contribution in [3.8, 4) is 0 Å². The molecule has 1 aromatic carbocycles. The highest BCUT2D eigenvalue weighted by atomic mass is 35.5. The highest BCUT2D eigenvalue weighted by molar-refractivity contribution is 6.30. The number of nitrogens with two attached hydrogens (primary N) is 1. The number of nitrogens with one attached hydrogen (secondary N) is 2. The third-order valence-electron chi connectivity index (χ3n) is 6.88. The first-order chi connectivity index (χ1) is 17.1. The summed E-state index contributed by atoms with van der Waals surface area (Å²) in [6, 6.07) is 1.29. The number of hydrogen-bond acceptors (Lipinski definition) is 6. The number of fused-ring (bicyclic) bond motifs is 1. The van der Waals surface area contributed by atoms with Crippen molar-refractivity contribution in [1.29, 1.82) is 0 Å². The predicted octanol–water partition coefficient (Wildman–Crippen LogP) is 5.32. The minimum absolute atomic E-state index is 0.0899. The number of halogens is 5. The molecule has 0 aliphatic heterocycles. The molecule has 0 spiro atoms. The minimum Gasteiger partial charge on any atom is -0.369 e. The van der Waals surface area contributed by atoms with Gasteiger partial charge in [0.25, 0.3) is 0 Å². The molecule has 2 aliphatic carbocycles. The fourth-order valence-corrected chi connectivity index (χ4v) is 5.23. The molecular weight excluding hydrogens is 502 g/mol. The number of imidazole rings is 1. The Morgan fingerprint density at radius 1 is 1.11 bits per heavy atom. The Bertz CT molecular complexity index is 1290. The van der Waals surface area contributed by atoms with Crippen molar-refractivity contribution in [3.05, 3.63) is 35.0 Å². The Morgan fingerprint density at radius 3 is 2.42 bits per heavy atom. The molecule has 2 fully saturated rings. The van der Waals surface area contributed by atoms with E-state index < -0.39 is 29.3 Å². The van der Waals surface area contributed by atoms with Crippen LogP contribution in [0.1, 0.15) is 51.0 Å². The van der Waals surface area contributed by atoms with Gasteiger partial charge in [0.1, 0.15) is 11.2 Å². The van der Waals surface area contributed by atoms with Gasteiger partial charge in [-0.3, -0.25) is 9.36 Å². The minimum atomic E-state index is -2.73. The molecule has 192 valence electrons. The molecule has 13 heteroatoms. The summed E-state index contributed by atoms with van der Waals surface area (Å²) in [5, 5.41) is 5.60. The number of rotatable bonds is 6. The van der Waals surface area contributed by atoms with Gasteiger partial charge in [0, 0.05) is 35.9 Å². The normalized spacial score (nSPS) is 23.6. The number of amides is 1. The summed E-state index contributed by atoms with van der Waals surface area (Å²) in [7, 11) is 0. The highest BCUT2D eigenvalue weighted by Gasteiger charge is 2.39. The van der Waals surface area contributed by atoms with Gasteiger partial charge in [-0.15, -0.1) is 0 Å². The molecule has 2 saturated carbocycles. The smallest absolute Gasteiger partial charge is 0.250 e. The van der Waals surface area contributed by atoms with Crippen LogP contribution in [0.4, 0.5) is 35.1 Å². The first-order valence-electron chi connectivity index (χ1n) is 11.7. The molecule has 4 N–H and O–H groups in total. The summed E-state index contributed by atoms with van der Waals surface area (Å²) in [5.74, 6) is -4.85. The molecule has 3 aromatic rings. The monoisotopic (exact) mass is 525 g/mol. The fraction of sp³-hybridized carbons (Fsp3) is 0.478. The van der Waals surface area contributed by atoms with Gasteiger partial charge in [-0.05, 0) is 44.2 Å². The lowest BCUT2D eigenvalue weighted by molar-refractivity contribution is -0.122. The van der Waals surface area contributed by atoms with Crippen LogP contribution < -0.4 is 16.4 Å². The first kappa shape index (κ1) is 24.5. The topological polar surface area (TPSA) is 111 Å². The quantitative estimate of drug-likeness (QED) is 0.376. The fourth-order valence-electron chi connectivity index (χ4n) is 5.04. The molecule has 2 heterocycles. The molecule has 36 heavy (non-hydrogen) atoms. The maximum absolute atomic E-state index is 14.5. The van der Waals surface area contributed by atoms with Crippen molar-refractivity contribution >= 4 is 46.3 Å². The molecule has 0 saturated heterocycles. The van der Waals surface area contributed by atoms with Gasteiger partial charge >= 0.3 is 0 Å². The summed E-state index contributed by atoms with van der Waals surface area (Å²) in [5.41, 5.74) is 5.77. The third kappa shape index (κ3) is 4.91. The maximum Gasteiger partial charge on any atom is 0.250 e. The van der Waals surface area contributed by atoms with E-state index >= 15 is 0 Å². The molecule has 0 unspecified atom stereocenters. The molecule has 5 rings (SSSR count). The van der Waals surface area contributed by atoms with Crippen LogP contribution >= 0.6 is 11.6 Å². The van der Waals surface area contributed by atoms with Crippen LogP contribution in [0, 0.1) is 17.6 Å². The van der Waals surface area contributed by atoms with Crippen molar-refractivity contribution in [2.45, 2.75) is 63.0 Å². The van der Waals surface area contributed by atoms with Crippen molar-refractivity contribution in [2.24, 2.45) is 11.7 Å². The predicted molar refractivity (Wildman–Crippen MR) is 126 cm³/mol. The van der Waals surface area contributed by atoms with Crippen LogP contribution in [-0.4, -0.2) is 37.4 Å². The second-order valence-corrected chi connectivity index (χ2v) is 9.86. The summed E-state index contributed by atoms with van der Waals surface area (Å²) >= 11 is 5.75. The molecular formula is C23H24ClF4N7O. The lowest BCUT2D eigenvalue weighted by Crippen LogP contribution is -2.29. The van der Waals surface area contributed by atoms with Crippen LogP contribution in [0.3, 0.4) is 0 Å². The second kappa shape index (κ2) is 9.38. The molecule has 8 nitrogen and oxygen atoms in total. The van der Waals surface area contributed by atoms with Gasteiger partial charge in [0.15, 0.2) is 17.3 Å². The number of anilines is 3. The molecule has 2 aliphatic rings. The van der Waals surface area contributed by atoms with E-state index in [1.165, 1.54) is 6.20 Å². The van der Waals surface area contributed by atoms with Crippen molar-refractivity contribution < 1.29 is 22.4 Å². The molecule has 2 aromatic heterocycles. The summed E-state index contributed by atoms with van der Waals surface area (Å²) < 4.78 is 58.1. The summed E-state index contributed by atoms with van der Waals surface area (Å²) in [6.45, 7) is 0. The summed E-state index contributed by atoms with van der Waals surface area (Å²) in [6.07, 6.45) is 3.39. The average molecular weight is 526 g/mol. The number of aromatic nitrogens is 4. The number of carbonyl (C=O) groups excluding carboxylic acids is 1. The van der Waals surface area contributed by atoms with Gasteiger partial charge in [-0.1, -0.05) is 11.6 Å². The number of benzene rings is 1. The summed E-state index contributed by atoms with van der Waals surface area (Å²) in [4.78, 5) is 24.8. The number of primary amides is 1. The Hall–Kier alpha value is -3.15. The zero-order valence-electron chi connectivity index (χ0n) is 19.1. The van der Waals surface area contributed by atoms with Crippen LogP contribution in [0.25, 0.3) is 11.2 Å². The third-order valence-corrected chi connectivity index (χ3v) is 7.10. The number of nitrogens with zero attached hydrogens (tertiary/aromatic N) is 4. The SMILES string of the molecule is NC(=O)[C@H]1CC[C@H](n2c(Nc3c(F)cc(Cl)cc3F)nc3cnc(N[C@H]4CCC(F)(F)C4)nc32)CC1. The van der Waals surface area contributed by atoms with E-state index in [4.69, 9.17) is 17.3 Å². The van der Waals surface area contributed by atoms with Crippen LogP contribution in [0.2, 0.25) is 5.02 Å². The van der Waals surface area contributed by atoms with E-state index in [1.807, 2.05) is 0 Å². The zero-order valence-corrected chi connectivity index (χ0v) is 19.8. The number of alkyl halides is 2. The number of carbonyl (C=O) groups is 1. The molecule has 1 atom stereocenters. The Morgan fingerprint density at radius 2 is 1.81 bits per heavy atom. The lowest BCUT2D eigenvalue weighted by Gasteiger charge is -2.29. The Labute approximate surface area is 208 Å². The van der Waals surface area contributed by atoms with E-state index in [-0.39, 0.29) is 54.0 Å². The van der Waals surface area contributed by atoms with Crippen LogP contribution in [0.5, 0.6) is 0 Å². The van der Waals surface area contributed by atoms with E-state index in [0.717, 1.165) is 12.1 Å². The molecule has 1 amide bonds. The van der Waals surface area contributed by atoms with E-state index in [1.54, 1.807) is 4.57 Å². The zero-order chi connectivity index (χ0) is 25.6. The van der Waals surface area contributed by atoms with Gasteiger partial charge < -0.3 is 16.4 Å². The largest absolute Gasteiger partial charge is 0.369 e. The van der Waals surface area contributed by atoms with E-state index in [2.05, 4.69) is 25.6 Å². The molecule has 0 bridgehead atoms. The van der Waals surface area contributed by atoms with Crippen LogP contribution in [0.15, 0.2) is 18.3 Å². The van der Waals surface area contributed by atoms with Crippen molar-refractivity contribution in [1.82, 2.24) is 19.5 Å². The van der Waals surface area contributed by atoms with Crippen molar-refractivity contribution in [3.63, 3.8) is 0 Å². The van der Waals surface area contributed by atoms with Gasteiger partial charge in [0.05, 0.1) is 6.20 Å². The number of hydrogen-bond donors (Lipinski definition) is 3. The maximum atomic E-state index is 14.5. The average Bonchev–Trinajstić information content (AvgIpc) is 3.34. The van der Waals surface area contributed by atoms with Gasteiger partial charge in [-0.2, -0.15) is 4.98 Å². The van der Waals surface area contributed by atoms with Gasteiger partial charge in [-0.25, -0.2) is 27.5 Å². The Balaban J connectivity index is 1.52.